The average Bonchev–Trinajstić information content (AvgIpc) is 2.16. The summed E-state index contributed by atoms with van der Waals surface area (Å²) in [6, 6.07) is 8.18. The Balaban J connectivity index is 2.02. The van der Waals surface area contributed by atoms with E-state index in [0.717, 1.165) is 5.75 Å². The first-order valence-electron chi connectivity index (χ1n) is 5.68. The summed E-state index contributed by atoms with van der Waals surface area (Å²) >= 11 is 6.40. The van der Waals surface area contributed by atoms with E-state index in [-0.39, 0.29) is 5.38 Å². The molecule has 1 fully saturated rings. The molecule has 0 spiro atoms. The smallest absolute Gasteiger partial charge is 0.119 e. The van der Waals surface area contributed by atoms with Gasteiger partial charge >= 0.3 is 0 Å². The zero-order chi connectivity index (χ0) is 10.7. The normalized spacial score (nSPS) is 18.3. The van der Waals surface area contributed by atoms with Gasteiger partial charge in [-0.05, 0) is 43.4 Å². The second-order valence-corrected chi connectivity index (χ2v) is 4.56. The van der Waals surface area contributed by atoms with Gasteiger partial charge in [-0.2, -0.15) is 0 Å². The molecular weight excluding hydrogens is 208 g/mol. The Bertz CT molecular complexity index is 303. The predicted octanol–water partition coefficient (Wildman–Crippen LogP) is 4.17. The molecule has 2 rings (SSSR count). The lowest BCUT2D eigenvalue weighted by Gasteiger charge is -2.30. The van der Waals surface area contributed by atoms with Gasteiger partial charge in [-0.1, -0.05) is 18.6 Å². The van der Waals surface area contributed by atoms with Crippen LogP contribution in [0.1, 0.15) is 37.1 Å². The Morgan fingerprint density at radius 2 is 2.00 bits per heavy atom. The predicted molar refractivity (Wildman–Crippen MR) is 63.5 cm³/mol. The first kappa shape index (κ1) is 10.8. The topological polar surface area (TPSA) is 9.23 Å². The first-order valence-corrected chi connectivity index (χ1v) is 6.11. The van der Waals surface area contributed by atoms with Crippen molar-refractivity contribution in [3.05, 3.63) is 29.8 Å². The number of hydrogen-bond donors (Lipinski definition) is 0. The Kier molecular flexibility index (Phi) is 3.53. The number of ether oxygens (including phenoxy) is 1. The highest BCUT2D eigenvalue weighted by Crippen LogP contribution is 2.41. The van der Waals surface area contributed by atoms with Gasteiger partial charge in [0.1, 0.15) is 5.75 Å². The minimum atomic E-state index is 0.189. The van der Waals surface area contributed by atoms with Crippen molar-refractivity contribution in [2.45, 2.75) is 31.6 Å². The van der Waals surface area contributed by atoms with Gasteiger partial charge in [0, 0.05) is 0 Å². The number of benzene rings is 1. The number of alkyl halides is 1. The molecule has 1 saturated carbocycles. The third-order valence-corrected chi connectivity index (χ3v) is 3.68. The standard InChI is InChI=1S/C13H17ClO/c1-2-15-12-8-6-11(7-9-12)13(14)10-4-3-5-10/h6-10,13H,2-5H2,1H3. The highest BCUT2D eigenvalue weighted by atomic mass is 35.5. The van der Waals surface area contributed by atoms with E-state index in [1.807, 2.05) is 19.1 Å². The zero-order valence-corrected chi connectivity index (χ0v) is 9.83. The maximum absolute atomic E-state index is 6.40. The third-order valence-electron chi connectivity index (χ3n) is 3.07. The van der Waals surface area contributed by atoms with Gasteiger partial charge in [-0.25, -0.2) is 0 Å². The van der Waals surface area contributed by atoms with Crippen molar-refractivity contribution in [2.24, 2.45) is 5.92 Å². The van der Waals surface area contributed by atoms with Gasteiger partial charge in [0.25, 0.3) is 0 Å². The summed E-state index contributed by atoms with van der Waals surface area (Å²) in [4.78, 5) is 0. The van der Waals surface area contributed by atoms with E-state index in [2.05, 4.69) is 12.1 Å². The van der Waals surface area contributed by atoms with E-state index >= 15 is 0 Å². The fourth-order valence-corrected chi connectivity index (χ4v) is 2.32. The summed E-state index contributed by atoms with van der Waals surface area (Å²) in [5.41, 5.74) is 1.23. The quantitative estimate of drug-likeness (QED) is 0.698. The van der Waals surface area contributed by atoms with Crippen molar-refractivity contribution in [3.63, 3.8) is 0 Å². The van der Waals surface area contributed by atoms with Gasteiger partial charge in [-0.3, -0.25) is 0 Å². The largest absolute Gasteiger partial charge is 0.494 e. The summed E-state index contributed by atoms with van der Waals surface area (Å²) in [5.74, 6) is 1.61. The number of halogens is 1. The van der Waals surface area contributed by atoms with E-state index in [1.165, 1.54) is 24.8 Å². The van der Waals surface area contributed by atoms with E-state index in [0.29, 0.717) is 12.5 Å². The van der Waals surface area contributed by atoms with Crippen LogP contribution in [0.2, 0.25) is 0 Å². The molecule has 1 unspecified atom stereocenters. The summed E-state index contributed by atoms with van der Waals surface area (Å²) < 4.78 is 5.40. The van der Waals surface area contributed by atoms with E-state index in [1.54, 1.807) is 0 Å². The molecular formula is C13H17ClO. The van der Waals surface area contributed by atoms with Crippen LogP contribution in [0, 0.1) is 5.92 Å². The van der Waals surface area contributed by atoms with E-state index < -0.39 is 0 Å². The minimum Gasteiger partial charge on any atom is -0.494 e. The Morgan fingerprint density at radius 1 is 1.33 bits per heavy atom. The van der Waals surface area contributed by atoms with Crippen LogP contribution in [0.15, 0.2) is 24.3 Å². The molecule has 1 aliphatic carbocycles. The van der Waals surface area contributed by atoms with Crippen LogP contribution in [0.25, 0.3) is 0 Å². The highest BCUT2D eigenvalue weighted by Gasteiger charge is 2.26. The van der Waals surface area contributed by atoms with Crippen molar-refractivity contribution in [3.8, 4) is 5.75 Å². The molecule has 0 aromatic heterocycles. The molecule has 0 bridgehead atoms. The fraction of sp³-hybridized carbons (Fsp3) is 0.538. The molecule has 1 nitrogen and oxygen atoms in total. The molecule has 0 saturated heterocycles. The van der Waals surface area contributed by atoms with Crippen LogP contribution in [0.4, 0.5) is 0 Å². The first-order chi connectivity index (χ1) is 7.31. The van der Waals surface area contributed by atoms with Gasteiger partial charge in [0.15, 0.2) is 0 Å². The molecule has 0 radical (unpaired) electrons. The molecule has 1 aromatic carbocycles. The van der Waals surface area contributed by atoms with Crippen LogP contribution in [-0.2, 0) is 0 Å². The van der Waals surface area contributed by atoms with Crippen LogP contribution in [0.3, 0.4) is 0 Å². The maximum atomic E-state index is 6.40. The number of rotatable bonds is 4. The Labute approximate surface area is 96.4 Å². The van der Waals surface area contributed by atoms with Crippen LogP contribution >= 0.6 is 11.6 Å². The average molecular weight is 225 g/mol. The minimum absolute atomic E-state index is 0.189. The van der Waals surface area contributed by atoms with Gasteiger partial charge < -0.3 is 4.74 Å². The van der Waals surface area contributed by atoms with Crippen molar-refractivity contribution in [2.75, 3.05) is 6.61 Å². The molecule has 0 amide bonds. The SMILES string of the molecule is CCOc1ccc(C(Cl)C2CCC2)cc1. The fourth-order valence-electron chi connectivity index (χ4n) is 1.92. The van der Waals surface area contributed by atoms with Crippen LogP contribution in [0.5, 0.6) is 5.75 Å². The lowest BCUT2D eigenvalue weighted by Crippen LogP contribution is -2.16. The van der Waals surface area contributed by atoms with Crippen molar-refractivity contribution in [1.29, 1.82) is 0 Å². The molecule has 0 heterocycles. The monoisotopic (exact) mass is 224 g/mol. The summed E-state index contributed by atoms with van der Waals surface area (Å²) in [6.07, 6.45) is 3.90. The second kappa shape index (κ2) is 4.89. The van der Waals surface area contributed by atoms with Gasteiger partial charge in [0.05, 0.1) is 12.0 Å². The molecule has 15 heavy (non-hydrogen) atoms. The van der Waals surface area contributed by atoms with Crippen LogP contribution in [-0.4, -0.2) is 6.61 Å². The number of hydrogen-bond acceptors (Lipinski definition) is 1. The van der Waals surface area contributed by atoms with Gasteiger partial charge in [-0.15, -0.1) is 11.6 Å². The molecule has 1 aliphatic rings. The maximum Gasteiger partial charge on any atom is 0.119 e. The van der Waals surface area contributed by atoms with Crippen molar-refractivity contribution in [1.82, 2.24) is 0 Å². The Hall–Kier alpha value is -0.690. The van der Waals surface area contributed by atoms with Crippen molar-refractivity contribution < 1.29 is 4.74 Å². The highest BCUT2D eigenvalue weighted by molar-refractivity contribution is 6.21. The molecule has 1 atom stereocenters. The summed E-state index contributed by atoms with van der Waals surface area (Å²) in [6.45, 7) is 2.71. The summed E-state index contributed by atoms with van der Waals surface area (Å²) in [7, 11) is 0. The lowest BCUT2D eigenvalue weighted by molar-refractivity contribution is 0.305. The molecule has 2 heteroatoms. The van der Waals surface area contributed by atoms with Gasteiger partial charge in [0.2, 0.25) is 0 Å². The molecule has 0 aliphatic heterocycles. The van der Waals surface area contributed by atoms with Crippen molar-refractivity contribution >= 4 is 11.6 Å². The molecule has 82 valence electrons. The second-order valence-electron chi connectivity index (χ2n) is 4.09. The lowest BCUT2D eigenvalue weighted by atomic mass is 9.80. The Morgan fingerprint density at radius 3 is 2.47 bits per heavy atom. The molecule has 1 aromatic rings. The molecule has 0 N–H and O–H groups in total. The van der Waals surface area contributed by atoms with Crippen LogP contribution < -0.4 is 4.74 Å². The van der Waals surface area contributed by atoms with E-state index in [9.17, 15) is 0 Å². The van der Waals surface area contributed by atoms with E-state index in [4.69, 9.17) is 16.3 Å². The zero-order valence-electron chi connectivity index (χ0n) is 9.08. The third kappa shape index (κ3) is 2.46. The summed E-state index contributed by atoms with van der Waals surface area (Å²) in [5, 5.41) is 0.189.